The van der Waals surface area contributed by atoms with Gasteiger partial charge in [-0.25, -0.2) is 4.79 Å². The molecule has 0 bridgehead atoms. The van der Waals surface area contributed by atoms with E-state index in [4.69, 9.17) is 0 Å². The molecular weight excluding hydrogens is 346 g/mol. The molecule has 1 aliphatic heterocycles. The number of amides is 3. The van der Waals surface area contributed by atoms with E-state index in [1.807, 2.05) is 38.1 Å². The fourth-order valence-corrected chi connectivity index (χ4v) is 3.11. The van der Waals surface area contributed by atoms with Crippen molar-refractivity contribution in [3.05, 3.63) is 45.6 Å². The average molecular weight is 366 g/mol. The second kappa shape index (κ2) is 6.96. The van der Waals surface area contributed by atoms with E-state index >= 15 is 0 Å². The van der Waals surface area contributed by atoms with Crippen LogP contribution in [-0.2, 0) is 4.79 Å². The van der Waals surface area contributed by atoms with Gasteiger partial charge >= 0.3 is 6.03 Å². The summed E-state index contributed by atoms with van der Waals surface area (Å²) in [5.41, 5.74) is 2.05. The first-order valence-corrected chi connectivity index (χ1v) is 8.10. The van der Waals surface area contributed by atoms with Gasteiger partial charge in [0.1, 0.15) is 0 Å². The number of nitrogens with one attached hydrogen (secondary N) is 2. The topological polar surface area (TPSA) is 61.4 Å². The van der Waals surface area contributed by atoms with Crippen LogP contribution < -0.4 is 10.6 Å². The molecule has 2 N–H and O–H groups in total. The van der Waals surface area contributed by atoms with Crippen molar-refractivity contribution >= 4 is 27.9 Å². The molecule has 1 aromatic rings. The Morgan fingerprint density at radius 3 is 2.50 bits per heavy atom. The summed E-state index contributed by atoms with van der Waals surface area (Å²) in [7, 11) is 0. The minimum absolute atomic E-state index is 0.0595. The molecule has 1 aliphatic rings. The van der Waals surface area contributed by atoms with Crippen LogP contribution >= 0.6 is 15.9 Å². The summed E-state index contributed by atoms with van der Waals surface area (Å²) in [6.45, 7) is 6.91. The van der Waals surface area contributed by atoms with E-state index in [0.29, 0.717) is 24.4 Å². The first-order valence-electron chi connectivity index (χ1n) is 7.31. The van der Waals surface area contributed by atoms with Gasteiger partial charge in [0.05, 0.1) is 11.6 Å². The van der Waals surface area contributed by atoms with Gasteiger partial charge in [0.25, 0.3) is 5.91 Å². The molecule has 0 unspecified atom stereocenters. The molecule has 2 rings (SSSR count). The number of benzene rings is 1. The van der Waals surface area contributed by atoms with Crippen LogP contribution in [0.25, 0.3) is 0 Å². The maximum atomic E-state index is 12.8. The number of likely N-dealkylation sites (N-methyl/N-ethyl adjacent to an activating group) is 1. The van der Waals surface area contributed by atoms with E-state index in [1.54, 1.807) is 11.8 Å². The molecule has 1 aromatic carbocycles. The first kappa shape index (κ1) is 16.5. The zero-order valence-corrected chi connectivity index (χ0v) is 14.5. The molecule has 0 aromatic heterocycles. The van der Waals surface area contributed by atoms with Crippen LogP contribution in [0.5, 0.6) is 0 Å². The van der Waals surface area contributed by atoms with Crippen LogP contribution in [0.15, 0.2) is 40.0 Å². The highest BCUT2D eigenvalue weighted by Crippen LogP contribution is 2.32. The molecule has 0 saturated carbocycles. The fourth-order valence-electron chi connectivity index (χ4n) is 2.60. The van der Waals surface area contributed by atoms with Gasteiger partial charge < -0.3 is 15.5 Å². The van der Waals surface area contributed by atoms with Gasteiger partial charge in [0.2, 0.25) is 0 Å². The number of nitrogens with zero attached hydrogens (tertiary/aromatic N) is 1. The molecule has 0 saturated heterocycles. The third-order valence-corrected chi connectivity index (χ3v) is 4.49. The Morgan fingerprint density at radius 2 is 1.91 bits per heavy atom. The van der Waals surface area contributed by atoms with Crippen molar-refractivity contribution in [1.82, 2.24) is 15.5 Å². The predicted octanol–water partition coefficient (Wildman–Crippen LogP) is 2.95. The number of rotatable bonds is 4. The highest BCUT2D eigenvalue weighted by molar-refractivity contribution is 9.10. The average Bonchev–Trinajstić information content (AvgIpc) is 2.48. The summed E-state index contributed by atoms with van der Waals surface area (Å²) < 4.78 is 0.861. The lowest BCUT2D eigenvalue weighted by Gasteiger charge is -2.32. The van der Waals surface area contributed by atoms with Crippen molar-refractivity contribution in [2.75, 3.05) is 13.1 Å². The maximum Gasteiger partial charge on any atom is 0.319 e. The highest BCUT2D eigenvalue weighted by Gasteiger charge is 2.33. The van der Waals surface area contributed by atoms with E-state index in [-0.39, 0.29) is 11.9 Å². The molecule has 0 radical (unpaired) electrons. The molecule has 1 heterocycles. The Bertz CT molecular complexity index is 624. The molecule has 0 aliphatic carbocycles. The zero-order chi connectivity index (χ0) is 16.3. The van der Waals surface area contributed by atoms with Crippen LogP contribution in [0.1, 0.15) is 32.4 Å². The van der Waals surface area contributed by atoms with E-state index in [9.17, 15) is 9.59 Å². The molecular formula is C16H20BrN3O2. The van der Waals surface area contributed by atoms with Crippen molar-refractivity contribution in [3.63, 3.8) is 0 Å². The lowest BCUT2D eigenvalue weighted by molar-refractivity contribution is -0.127. The van der Waals surface area contributed by atoms with Crippen molar-refractivity contribution in [2.24, 2.45) is 0 Å². The number of hydrogen-bond acceptors (Lipinski definition) is 2. The molecule has 118 valence electrons. The Hall–Kier alpha value is -1.82. The van der Waals surface area contributed by atoms with E-state index in [0.717, 1.165) is 10.0 Å². The molecule has 1 atom stereocenters. The second-order valence-electron chi connectivity index (χ2n) is 5.07. The molecule has 0 fully saturated rings. The monoisotopic (exact) mass is 365 g/mol. The summed E-state index contributed by atoms with van der Waals surface area (Å²) in [6, 6.07) is 6.84. The number of urea groups is 1. The smallest absolute Gasteiger partial charge is 0.319 e. The Morgan fingerprint density at radius 1 is 1.27 bits per heavy atom. The van der Waals surface area contributed by atoms with Crippen LogP contribution in [0.4, 0.5) is 4.79 Å². The summed E-state index contributed by atoms with van der Waals surface area (Å²) >= 11 is 3.50. The van der Waals surface area contributed by atoms with Crippen molar-refractivity contribution in [2.45, 2.75) is 26.8 Å². The van der Waals surface area contributed by atoms with Gasteiger partial charge in [0, 0.05) is 23.3 Å². The number of carbonyl (C=O) groups excluding carboxylic acids is 2. The largest absolute Gasteiger partial charge is 0.339 e. The third-order valence-electron chi connectivity index (χ3n) is 3.77. The molecule has 22 heavy (non-hydrogen) atoms. The molecule has 5 nitrogen and oxygen atoms in total. The van der Waals surface area contributed by atoms with Crippen LogP contribution in [0, 0.1) is 0 Å². The van der Waals surface area contributed by atoms with Gasteiger partial charge in [-0.1, -0.05) is 34.1 Å². The summed E-state index contributed by atoms with van der Waals surface area (Å²) in [4.78, 5) is 26.4. The quantitative estimate of drug-likeness (QED) is 0.861. The van der Waals surface area contributed by atoms with Gasteiger partial charge in [-0.15, -0.1) is 0 Å². The van der Waals surface area contributed by atoms with Gasteiger partial charge in [-0.05, 0) is 32.4 Å². The lowest BCUT2D eigenvalue weighted by atomic mass is 9.94. The molecule has 6 heteroatoms. The minimum Gasteiger partial charge on any atom is -0.339 e. The van der Waals surface area contributed by atoms with Crippen molar-refractivity contribution in [3.8, 4) is 0 Å². The second-order valence-corrected chi connectivity index (χ2v) is 5.92. The normalized spacial score (nSPS) is 17.8. The number of allylic oxidation sites excluding steroid dienone is 1. The number of halogens is 1. The number of hydrogen-bond donors (Lipinski definition) is 2. The van der Waals surface area contributed by atoms with Crippen LogP contribution in [-0.4, -0.2) is 29.9 Å². The Kier molecular flexibility index (Phi) is 5.24. The Labute approximate surface area is 138 Å². The molecule has 0 spiro atoms. The molecule has 3 amide bonds. The van der Waals surface area contributed by atoms with Crippen molar-refractivity contribution in [1.29, 1.82) is 0 Å². The first-order chi connectivity index (χ1) is 10.5. The van der Waals surface area contributed by atoms with Crippen LogP contribution in [0.3, 0.4) is 0 Å². The third kappa shape index (κ3) is 3.16. The fraction of sp³-hybridized carbons (Fsp3) is 0.375. The summed E-state index contributed by atoms with van der Waals surface area (Å²) in [5, 5.41) is 5.55. The summed E-state index contributed by atoms with van der Waals surface area (Å²) in [5.74, 6) is -0.0595. The lowest BCUT2D eigenvalue weighted by Crippen LogP contribution is -2.47. The number of carbonyl (C=O) groups is 2. The minimum atomic E-state index is -0.461. The SMILES string of the molecule is CCN(CC)C(=O)C1=C(C)NC(=O)N[C@@H]1c1ccccc1Br. The predicted molar refractivity (Wildman–Crippen MR) is 89.2 cm³/mol. The Balaban J connectivity index is 2.50. The van der Waals surface area contributed by atoms with E-state index in [2.05, 4.69) is 26.6 Å². The van der Waals surface area contributed by atoms with Gasteiger partial charge in [-0.2, -0.15) is 0 Å². The van der Waals surface area contributed by atoms with E-state index < -0.39 is 6.04 Å². The van der Waals surface area contributed by atoms with Gasteiger partial charge in [-0.3, -0.25) is 4.79 Å². The summed E-state index contributed by atoms with van der Waals surface area (Å²) in [6.07, 6.45) is 0. The van der Waals surface area contributed by atoms with Crippen molar-refractivity contribution < 1.29 is 9.59 Å². The van der Waals surface area contributed by atoms with E-state index in [1.165, 1.54) is 0 Å². The van der Waals surface area contributed by atoms with Crippen LogP contribution in [0.2, 0.25) is 0 Å². The zero-order valence-electron chi connectivity index (χ0n) is 12.9. The maximum absolute atomic E-state index is 12.8. The van der Waals surface area contributed by atoms with Gasteiger partial charge in [0.15, 0.2) is 0 Å². The standard InChI is InChI=1S/C16H20BrN3O2/c1-4-20(5-2)15(21)13-10(3)18-16(22)19-14(13)11-8-6-7-9-12(11)17/h6-9,14H,4-5H2,1-3H3,(H2,18,19,22)/t14-/m1/s1. The highest BCUT2D eigenvalue weighted by atomic mass is 79.9.